The number of hydrogen-bond acceptors (Lipinski definition) is 3. The average Bonchev–Trinajstić information content (AvgIpc) is 2.34. The predicted molar refractivity (Wildman–Crippen MR) is 69.3 cm³/mol. The Hall–Kier alpha value is -1.62. The van der Waals surface area contributed by atoms with E-state index in [1.165, 1.54) is 12.1 Å². The third-order valence-corrected chi connectivity index (χ3v) is 1.75. The van der Waals surface area contributed by atoms with E-state index in [-0.39, 0.29) is 16.3 Å². The van der Waals surface area contributed by atoms with E-state index < -0.39 is 10.8 Å². The fourth-order valence-corrected chi connectivity index (χ4v) is 0.992. The number of carbonyl (C=O) groups excluding carboxylic acids is 1. The van der Waals surface area contributed by atoms with Gasteiger partial charge >= 0.3 is 0 Å². The number of benzene rings is 1. The molecule has 0 unspecified atom stereocenters. The van der Waals surface area contributed by atoms with Gasteiger partial charge in [0.2, 0.25) is 5.91 Å². The number of hydrogen-bond donors (Lipinski definition) is 1. The second-order valence-electron chi connectivity index (χ2n) is 2.29. The van der Waals surface area contributed by atoms with Crippen molar-refractivity contribution in [3.8, 4) is 0 Å². The number of nitro benzene ring substituents is 1. The molecule has 0 spiro atoms. The summed E-state index contributed by atoms with van der Waals surface area (Å²) < 4.78 is 0. The highest BCUT2D eigenvalue weighted by Crippen LogP contribution is 2.24. The van der Waals surface area contributed by atoms with E-state index in [0.717, 1.165) is 6.07 Å². The molecule has 0 heterocycles. The van der Waals surface area contributed by atoms with E-state index in [1.807, 2.05) is 27.7 Å². The molecule has 1 aromatic carbocycles. The van der Waals surface area contributed by atoms with E-state index in [0.29, 0.717) is 0 Å². The molecule has 0 aliphatic heterocycles. The van der Waals surface area contributed by atoms with Crippen molar-refractivity contribution in [1.29, 1.82) is 0 Å². The summed E-state index contributed by atoms with van der Waals surface area (Å²) in [7, 11) is 0. The van der Waals surface area contributed by atoms with Crippen LogP contribution in [0.25, 0.3) is 0 Å². The van der Waals surface area contributed by atoms with Crippen molar-refractivity contribution in [1.82, 2.24) is 0 Å². The van der Waals surface area contributed by atoms with Crippen molar-refractivity contribution >= 4 is 23.2 Å². The lowest BCUT2D eigenvalue weighted by molar-refractivity contribution is -0.384. The highest BCUT2D eigenvalue weighted by Gasteiger charge is 2.14. The maximum atomic E-state index is 10.6. The summed E-state index contributed by atoms with van der Waals surface area (Å²) in [6, 6.07) is 3.64. The van der Waals surface area contributed by atoms with Crippen molar-refractivity contribution in [3.63, 3.8) is 0 Å². The molecule has 0 saturated carbocycles. The van der Waals surface area contributed by atoms with E-state index in [2.05, 4.69) is 0 Å². The minimum Gasteiger partial charge on any atom is -0.366 e. The maximum Gasteiger partial charge on any atom is 0.288 e. The van der Waals surface area contributed by atoms with Gasteiger partial charge in [0.15, 0.2) is 0 Å². The summed E-state index contributed by atoms with van der Waals surface area (Å²) in [6.45, 7) is 8.00. The Bertz CT molecular complexity index is 381. The lowest BCUT2D eigenvalue weighted by Crippen LogP contribution is -2.11. The van der Waals surface area contributed by atoms with Crippen LogP contribution >= 0.6 is 11.6 Å². The van der Waals surface area contributed by atoms with Crippen molar-refractivity contribution in [2.45, 2.75) is 27.7 Å². The van der Waals surface area contributed by atoms with E-state index in [1.54, 1.807) is 0 Å². The molecule has 0 aliphatic rings. The first-order valence-electron chi connectivity index (χ1n) is 5.26. The molecule has 0 bridgehead atoms. The van der Waals surface area contributed by atoms with Crippen molar-refractivity contribution in [3.05, 3.63) is 38.9 Å². The quantitative estimate of drug-likeness (QED) is 0.653. The van der Waals surface area contributed by atoms with E-state index in [9.17, 15) is 14.9 Å². The fraction of sp³-hybridized carbons (Fsp3) is 0.364. The Morgan fingerprint density at radius 3 is 2.12 bits per heavy atom. The number of nitrogens with two attached hydrogens (primary N) is 1. The van der Waals surface area contributed by atoms with Crippen molar-refractivity contribution in [2.75, 3.05) is 0 Å². The molecule has 0 saturated heterocycles. The number of rotatable bonds is 2. The van der Waals surface area contributed by atoms with Gasteiger partial charge in [-0.3, -0.25) is 14.9 Å². The third kappa shape index (κ3) is 5.87. The molecule has 2 N–H and O–H groups in total. The van der Waals surface area contributed by atoms with Crippen LogP contribution in [-0.4, -0.2) is 10.8 Å². The second-order valence-corrected chi connectivity index (χ2v) is 2.69. The van der Waals surface area contributed by atoms with Crippen LogP contribution in [0.4, 0.5) is 5.69 Å². The second kappa shape index (κ2) is 9.59. The number of nitrogens with zero attached hydrogens (tertiary/aromatic N) is 1. The summed E-state index contributed by atoms with van der Waals surface area (Å²) in [5.74, 6) is -0.722. The van der Waals surface area contributed by atoms with Gasteiger partial charge in [0, 0.05) is 11.6 Å². The SMILES string of the molecule is CC.CC.NC(=O)c1ccc(Cl)c([N+](=O)[O-])c1. The third-order valence-electron chi connectivity index (χ3n) is 1.43. The standard InChI is InChI=1S/C7H5ClN2O3.2C2H6/c8-5-2-1-4(7(9)11)3-6(5)10(12)13;2*1-2/h1-3H,(H2,9,11);2*1-2H3. The smallest absolute Gasteiger partial charge is 0.288 e. The number of nitro groups is 1. The van der Waals surface area contributed by atoms with E-state index >= 15 is 0 Å². The van der Waals surface area contributed by atoms with Gasteiger partial charge in [-0.05, 0) is 12.1 Å². The number of halogens is 1. The molecule has 0 radical (unpaired) electrons. The molecule has 1 rings (SSSR count). The van der Waals surface area contributed by atoms with Gasteiger partial charge in [-0.2, -0.15) is 0 Å². The Labute approximate surface area is 106 Å². The first-order chi connectivity index (χ1) is 8.02. The molecule has 6 heteroatoms. The molecular weight excluding hydrogens is 244 g/mol. The Morgan fingerprint density at radius 2 is 1.76 bits per heavy atom. The zero-order valence-electron chi connectivity index (χ0n) is 10.4. The highest BCUT2D eigenvalue weighted by atomic mass is 35.5. The van der Waals surface area contributed by atoms with Crippen LogP contribution in [0.3, 0.4) is 0 Å². The molecule has 17 heavy (non-hydrogen) atoms. The molecule has 0 fully saturated rings. The van der Waals surface area contributed by atoms with Gasteiger partial charge in [0.25, 0.3) is 5.69 Å². The van der Waals surface area contributed by atoms with Gasteiger partial charge in [-0.25, -0.2) is 0 Å². The Morgan fingerprint density at radius 1 is 1.29 bits per heavy atom. The van der Waals surface area contributed by atoms with Crippen molar-refractivity contribution < 1.29 is 9.72 Å². The summed E-state index contributed by atoms with van der Waals surface area (Å²) in [6.07, 6.45) is 0. The highest BCUT2D eigenvalue weighted by molar-refractivity contribution is 6.32. The van der Waals surface area contributed by atoms with Crippen LogP contribution in [0.2, 0.25) is 5.02 Å². The summed E-state index contributed by atoms with van der Waals surface area (Å²) >= 11 is 5.50. The monoisotopic (exact) mass is 260 g/mol. The lowest BCUT2D eigenvalue weighted by Gasteiger charge is -1.97. The fourth-order valence-electron chi connectivity index (χ4n) is 0.806. The van der Waals surface area contributed by atoms with Gasteiger partial charge < -0.3 is 5.73 Å². The van der Waals surface area contributed by atoms with E-state index in [4.69, 9.17) is 17.3 Å². The van der Waals surface area contributed by atoms with Gasteiger partial charge in [0.05, 0.1) is 4.92 Å². The number of primary amides is 1. The van der Waals surface area contributed by atoms with Gasteiger partial charge in [-0.1, -0.05) is 39.3 Å². The van der Waals surface area contributed by atoms with Crippen molar-refractivity contribution in [2.24, 2.45) is 5.73 Å². The zero-order chi connectivity index (χ0) is 14.0. The van der Waals surface area contributed by atoms with Crippen LogP contribution in [0.1, 0.15) is 38.1 Å². The molecule has 0 aromatic heterocycles. The predicted octanol–water partition coefficient (Wildman–Crippen LogP) is 3.40. The molecule has 0 aliphatic carbocycles. The lowest BCUT2D eigenvalue weighted by atomic mass is 10.2. The summed E-state index contributed by atoms with van der Waals surface area (Å²) in [4.78, 5) is 20.3. The Kier molecular flexibility index (Phi) is 10.0. The largest absolute Gasteiger partial charge is 0.366 e. The van der Waals surface area contributed by atoms with Gasteiger partial charge in [-0.15, -0.1) is 0 Å². The molecule has 1 aromatic rings. The minimum atomic E-state index is -0.722. The normalized spacial score (nSPS) is 8.06. The number of amides is 1. The van der Waals surface area contributed by atoms with Crippen LogP contribution in [0.15, 0.2) is 18.2 Å². The molecule has 5 nitrogen and oxygen atoms in total. The molecular formula is C11H17ClN2O3. The molecule has 1 amide bonds. The average molecular weight is 261 g/mol. The van der Waals surface area contributed by atoms with Crippen LogP contribution in [0, 0.1) is 10.1 Å². The zero-order valence-corrected chi connectivity index (χ0v) is 11.1. The number of carbonyl (C=O) groups is 1. The Balaban J connectivity index is 0. The summed E-state index contributed by atoms with van der Waals surface area (Å²) in [5, 5.41) is 10.3. The first-order valence-corrected chi connectivity index (χ1v) is 5.64. The van der Waals surface area contributed by atoms with Crippen LogP contribution in [-0.2, 0) is 0 Å². The van der Waals surface area contributed by atoms with Crippen LogP contribution in [0.5, 0.6) is 0 Å². The minimum absolute atomic E-state index is 0.0185. The topological polar surface area (TPSA) is 86.2 Å². The molecule has 96 valence electrons. The molecule has 0 atom stereocenters. The first kappa shape index (κ1) is 17.8. The van der Waals surface area contributed by atoms with Crippen LogP contribution < -0.4 is 5.73 Å². The summed E-state index contributed by atoms with van der Waals surface area (Å²) in [5.41, 5.74) is 4.67. The maximum absolute atomic E-state index is 10.6. The van der Waals surface area contributed by atoms with Gasteiger partial charge in [0.1, 0.15) is 5.02 Å².